The van der Waals surface area contributed by atoms with Gasteiger partial charge in [-0.05, 0) is 29.3 Å². The molecule has 7 heteroatoms. The normalized spacial score (nSPS) is 15.3. The van der Waals surface area contributed by atoms with E-state index in [1.165, 1.54) is 12.8 Å². The molecule has 1 heterocycles. The Morgan fingerprint density at radius 1 is 1.14 bits per heavy atom. The van der Waals surface area contributed by atoms with Crippen molar-refractivity contribution in [2.24, 2.45) is 0 Å². The van der Waals surface area contributed by atoms with E-state index in [1.807, 2.05) is 10.7 Å². The maximum absolute atomic E-state index is 6.13. The third kappa shape index (κ3) is 2.39. The van der Waals surface area contributed by atoms with Gasteiger partial charge in [-0.2, -0.15) is 0 Å². The molecule has 0 unspecified atom stereocenters. The van der Waals surface area contributed by atoms with Crippen molar-refractivity contribution in [3.63, 3.8) is 0 Å². The molecule has 1 aliphatic rings. The molecule has 1 aromatic carbocycles. The molecular formula is C14H19N5O2. The number of methoxy groups -OCH3 is 2. The third-order valence-electron chi connectivity index (χ3n) is 3.96. The molecule has 0 saturated heterocycles. The molecule has 0 amide bonds. The first-order valence-electron chi connectivity index (χ1n) is 7.04. The van der Waals surface area contributed by atoms with Crippen LogP contribution in [0.25, 0.3) is 11.4 Å². The van der Waals surface area contributed by atoms with Crippen LogP contribution in [0, 0.1) is 0 Å². The molecule has 1 saturated carbocycles. The third-order valence-corrected chi connectivity index (χ3v) is 3.96. The summed E-state index contributed by atoms with van der Waals surface area (Å²) in [5.41, 5.74) is 7.47. The second-order valence-electron chi connectivity index (χ2n) is 5.18. The van der Waals surface area contributed by atoms with Crippen LogP contribution in [-0.4, -0.2) is 34.4 Å². The van der Waals surface area contributed by atoms with Crippen molar-refractivity contribution in [3.8, 4) is 22.9 Å². The number of anilines is 1. The van der Waals surface area contributed by atoms with Gasteiger partial charge >= 0.3 is 0 Å². The number of benzene rings is 1. The van der Waals surface area contributed by atoms with Gasteiger partial charge in [0.2, 0.25) is 0 Å². The smallest absolute Gasteiger partial charge is 0.184 e. The minimum atomic E-state index is 0.350. The quantitative estimate of drug-likeness (QED) is 0.867. The first-order chi connectivity index (χ1) is 10.2. The first kappa shape index (κ1) is 13.7. The van der Waals surface area contributed by atoms with Gasteiger partial charge in [0.25, 0.3) is 0 Å². The van der Waals surface area contributed by atoms with Crippen LogP contribution in [0.2, 0.25) is 0 Å². The summed E-state index contributed by atoms with van der Waals surface area (Å²) < 4.78 is 12.5. The largest absolute Gasteiger partial charge is 0.493 e. The van der Waals surface area contributed by atoms with Crippen molar-refractivity contribution in [2.75, 3.05) is 20.0 Å². The van der Waals surface area contributed by atoms with Crippen LogP contribution >= 0.6 is 0 Å². The van der Waals surface area contributed by atoms with Crippen LogP contribution in [0.3, 0.4) is 0 Å². The molecule has 1 aliphatic carbocycles. The summed E-state index contributed by atoms with van der Waals surface area (Å²) in [6, 6.07) is 3.91. The van der Waals surface area contributed by atoms with Gasteiger partial charge in [-0.25, -0.2) is 4.68 Å². The highest BCUT2D eigenvalue weighted by Gasteiger charge is 2.24. The molecule has 0 atom stereocenters. The van der Waals surface area contributed by atoms with Gasteiger partial charge in [0.15, 0.2) is 17.3 Å². The number of ether oxygens (including phenoxy) is 2. The highest BCUT2D eigenvalue weighted by Crippen LogP contribution is 2.38. The van der Waals surface area contributed by atoms with Crippen molar-refractivity contribution in [1.82, 2.24) is 20.2 Å². The fourth-order valence-electron chi connectivity index (χ4n) is 2.85. The molecular weight excluding hydrogens is 270 g/mol. The van der Waals surface area contributed by atoms with Gasteiger partial charge in [-0.1, -0.05) is 12.8 Å². The maximum Gasteiger partial charge on any atom is 0.184 e. The number of nitrogen functional groups attached to an aromatic ring is 1. The molecule has 2 aromatic rings. The molecule has 21 heavy (non-hydrogen) atoms. The van der Waals surface area contributed by atoms with E-state index in [9.17, 15) is 0 Å². The average molecular weight is 289 g/mol. The molecule has 0 bridgehead atoms. The lowest BCUT2D eigenvalue weighted by Crippen LogP contribution is -2.09. The number of aromatic nitrogens is 4. The van der Waals surface area contributed by atoms with Gasteiger partial charge < -0.3 is 15.2 Å². The average Bonchev–Trinajstić information content (AvgIpc) is 3.17. The van der Waals surface area contributed by atoms with Gasteiger partial charge in [0, 0.05) is 17.3 Å². The summed E-state index contributed by atoms with van der Waals surface area (Å²) in [6.45, 7) is 0. The highest BCUT2D eigenvalue weighted by atomic mass is 16.5. The zero-order valence-electron chi connectivity index (χ0n) is 12.2. The van der Waals surface area contributed by atoms with Gasteiger partial charge in [0.05, 0.1) is 20.3 Å². The Bertz CT molecular complexity index is 634. The van der Waals surface area contributed by atoms with Crippen LogP contribution in [0.5, 0.6) is 11.5 Å². The second kappa shape index (κ2) is 5.59. The second-order valence-corrected chi connectivity index (χ2v) is 5.18. The molecule has 0 aliphatic heterocycles. The van der Waals surface area contributed by atoms with Crippen molar-refractivity contribution >= 4 is 5.69 Å². The maximum atomic E-state index is 6.13. The van der Waals surface area contributed by atoms with Crippen molar-refractivity contribution in [1.29, 1.82) is 0 Å². The SMILES string of the molecule is COc1cc(N)c(-c2nnnn2C2CCCC2)cc1OC. The summed E-state index contributed by atoms with van der Waals surface area (Å²) in [4.78, 5) is 0. The van der Waals surface area contributed by atoms with E-state index in [1.54, 1.807) is 20.3 Å². The zero-order chi connectivity index (χ0) is 14.8. The number of tetrazole rings is 1. The Hall–Kier alpha value is -2.31. The Kier molecular flexibility index (Phi) is 3.64. The molecule has 0 radical (unpaired) electrons. The Morgan fingerprint density at radius 2 is 1.81 bits per heavy atom. The summed E-state index contributed by atoms with van der Waals surface area (Å²) in [7, 11) is 3.18. The van der Waals surface area contributed by atoms with Crippen LogP contribution in [0.15, 0.2) is 12.1 Å². The molecule has 1 aromatic heterocycles. The fourth-order valence-corrected chi connectivity index (χ4v) is 2.85. The Labute approximate surface area is 123 Å². The number of rotatable bonds is 4. The molecule has 7 nitrogen and oxygen atoms in total. The summed E-state index contributed by atoms with van der Waals surface area (Å²) in [5, 5.41) is 12.1. The predicted molar refractivity (Wildman–Crippen MR) is 78.3 cm³/mol. The lowest BCUT2D eigenvalue weighted by molar-refractivity contribution is 0.355. The highest BCUT2D eigenvalue weighted by molar-refractivity contribution is 5.75. The van der Waals surface area contributed by atoms with E-state index < -0.39 is 0 Å². The predicted octanol–water partition coefficient (Wildman–Crippen LogP) is 2.05. The summed E-state index contributed by atoms with van der Waals surface area (Å²) >= 11 is 0. The minimum Gasteiger partial charge on any atom is -0.493 e. The minimum absolute atomic E-state index is 0.350. The molecule has 0 spiro atoms. The van der Waals surface area contributed by atoms with E-state index in [0.29, 0.717) is 29.1 Å². The van der Waals surface area contributed by atoms with E-state index in [-0.39, 0.29) is 0 Å². The van der Waals surface area contributed by atoms with Gasteiger partial charge in [-0.3, -0.25) is 0 Å². The molecule has 112 valence electrons. The van der Waals surface area contributed by atoms with Crippen molar-refractivity contribution in [2.45, 2.75) is 31.7 Å². The number of nitrogens with two attached hydrogens (primary N) is 1. The number of hydrogen-bond acceptors (Lipinski definition) is 6. The lowest BCUT2D eigenvalue weighted by atomic mass is 10.1. The lowest BCUT2D eigenvalue weighted by Gasteiger charge is -2.15. The monoisotopic (exact) mass is 289 g/mol. The summed E-state index contributed by atoms with van der Waals surface area (Å²) in [5.74, 6) is 1.89. The van der Waals surface area contributed by atoms with Crippen molar-refractivity contribution in [3.05, 3.63) is 12.1 Å². The van der Waals surface area contributed by atoms with Crippen LogP contribution in [0.4, 0.5) is 5.69 Å². The van der Waals surface area contributed by atoms with Gasteiger partial charge in [0.1, 0.15) is 0 Å². The van der Waals surface area contributed by atoms with E-state index in [0.717, 1.165) is 18.4 Å². The van der Waals surface area contributed by atoms with Crippen LogP contribution in [0.1, 0.15) is 31.7 Å². The zero-order valence-corrected chi connectivity index (χ0v) is 12.2. The van der Waals surface area contributed by atoms with Crippen LogP contribution in [-0.2, 0) is 0 Å². The molecule has 3 rings (SSSR count). The molecule has 2 N–H and O–H groups in total. The first-order valence-corrected chi connectivity index (χ1v) is 7.04. The Morgan fingerprint density at radius 3 is 2.48 bits per heavy atom. The number of hydrogen-bond donors (Lipinski definition) is 1. The Balaban J connectivity index is 2.06. The topological polar surface area (TPSA) is 88.1 Å². The standard InChI is InChI=1S/C14H19N5O2/c1-20-12-7-10(11(15)8-13(12)21-2)14-16-17-18-19(14)9-5-3-4-6-9/h7-9H,3-6,15H2,1-2H3. The van der Waals surface area contributed by atoms with E-state index >= 15 is 0 Å². The van der Waals surface area contributed by atoms with Crippen molar-refractivity contribution < 1.29 is 9.47 Å². The number of nitrogens with zero attached hydrogens (tertiary/aromatic N) is 4. The van der Waals surface area contributed by atoms with E-state index in [2.05, 4.69) is 15.5 Å². The fraction of sp³-hybridized carbons (Fsp3) is 0.500. The van der Waals surface area contributed by atoms with Crippen LogP contribution < -0.4 is 15.2 Å². The van der Waals surface area contributed by atoms with E-state index in [4.69, 9.17) is 15.2 Å². The molecule has 1 fully saturated rings. The van der Waals surface area contributed by atoms with Gasteiger partial charge in [-0.15, -0.1) is 5.10 Å². The summed E-state index contributed by atoms with van der Waals surface area (Å²) in [6.07, 6.45) is 4.63.